The number of benzene rings is 1. The summed E-state index contributed by atoms with van der Waals surface area (Å²) < 4.78 is 6.20. The lowest BCUT2D eigenvalue weighted by molar-refractivity contribution is -0.584. The molecule has 17 heavy (non-hydrogen) atoms. The first-order valence-corrected chi connectivity index (χ1v) is 5.48. The van der Waals surface area contributed by atoms with Gasteiger partial charge in [-0.25, -0.2) is 0 Å². The van der Waals surface area contributed by atoms with Crippen LogP contribution in [0, 0.1) is 12.1 Å². The highest BCUT2D eigenvalue weighted by Crippen LogP contribution is 2.24. The van der Waals surface area contributed by atoms with Crippen molar-refractivity contribution in [3.8, 4) is 5.75 Å². The van der Waals surface area contributed by atoms with Crippen LogP contribution in [0.5, 0.6) is 5.75 Å². The van der Waals surface area contributed by atoms with Crippen molar-refractivity contribution in [2.75, 3.05) is 7.11 Å². The number of hydrogen-bond donors (Lipinski definition) is 0. The van der Waals surface area contributed by atoms with Gasteiger partial charge < -0.3 is 9.94 Å². The van der Waals surface area contributed by atoms with Crippen LogP contribution in [0.3, 0.4) is 0 Å². The summed E-state index contributed by atoms with van der Waals surface area (Å²) in [5.41, 5.74) is 2.33. The fourth-order valence-electron chi connectivity index (χ4n) is 1.95. The summed E-state index contributed by atoms with van der Waals surface area (Å²) in [5.74, 6) is 0.762. The van der Waals surface area contributed by atoms with E-state index in [1.165, 1.54) is 0 Å². The van der Waals surface area contributed by atoms with Gasteiger partial charge >= 0.3 is 0 Å². The van der Waals surface area contributed by atoms with Crippen LogP contribution >= 0.6 is 0 Å². The summed E-state index contributed by atoms with van der Waals surface area (Å²) >= 11 is 0. The zero-order chi connectivity index (χ0) is 12.4. The Hall–Kier alpha value is -2.03. The molecule has 0 aliphatic heterocycles. The van der Waals surface area contributed by atoms with Crippen LogP contribution in [0.25, 0.3) is 10.9 Å². The number of ether oxygens (including phenoxy) is 1. The van der Waals surface area contributed by atoms with Gasteiger partial charge in [0.05, 0.1) is 12.5 Å². The number of aryl methyl sites for hydroxylation is 1. The number of allylic oxidation sites excluding steroid dienone is 1. The Morgan fingerprint density at radius 3 is 2.82 bits per heavy atom. The maximum Gasteiger partial charge on any atom is 0.227 e. The van der Waals surface area contributed by atoms with Crippen molar-refractivity contribution in [1.29, 1.82) is 0 Å². The monoisotopic (exact) mass is 229 g/mol. The minimum Gasteiger partial charge on any atom is -0.618 e. The highest BCUT2D eigenvalue weighted by molar-refractivity contribution is 5.81. The van der Waals surface area contributed by atoms with Crippen LogP contribution in [0.2, 0.25) is 0 Å². The molecule has 0 spiro atoms. The first-order chi connectivity index (χ1) is 8.17. The second kappa shape index (κ2) is 4.45. The highest BCUT2D eigenvalue weighted by atomic mass is 16.5. The van der Waals surface area contributed by atoms with E-state index in [9.17, 15) is 5.21 Å². The second-order valence-electron chi connectivity index (χ2n) is 3.99. The molecule has 0 bridgehead atoms. The molecule has 0 amide bonds. The Kier molecular flexibility index (Phi) is 3.00. The zero-order valence-electron chi connectivity index (χ0n) is 10.1. The van der Waals surface area contributed by atoms with Gasteiger partial charge in [-0.15, -0.1) is 6.58 Å². The second-order valence-corrected chi connectivity index (χ2v) is 3.99. The van der Waals surface area contributed by atoms with Crippen molar-refractivity contribution < 1.29 is 9.47 Å². The predicted molar refractivity (Wildman–Crippen MR) is 68.1 cm³/mol. The lowest BCUT2D eigenvalue weighted by atomic mass is 10.1. The molecule has 88 valence electrons. The predicted octanol–water partition coefficient (Wildman–Crippen LogP) is 2.52. The minimum atomic E-state index is 0.652. The summed E-state index contributed by atoms with van der Waals surface area (Å²) in [6, 6.07) is 7.51. The van der Waals surface area contributed by atoms with Gasteiger partial charge in [0.2, 0.25) is 5.52 Å². The third kappa shape index (κ3) is 1.96. The van der Waals surface area contributed by atoms with E-state index >= 15 is 0 Å². The SMILES string of the molecule is C=CCc1cc(OC)cc2ccc(C)[n+]([O-])c12. The maximum atomic E-state index is 12.1. The van der Waals surface area contributed by atoms with E-state index in [4.69, 9.17) is 4.74 Å². The number of methoxy groups -OCH3 is 1. The maximum absolute atomic E-state index is 12.1. The van der Waals surface area contributed by atoms with E-state index < -0.39 is 0 Å². The van der Waals surface area contributed by atoms with Gasteiger partial charge in [0.15, 0.2) is 5.69 Å². The number of hydrogen-bond acceptors (Lipinski definition) is 2. The summed E-state index contributed by atoms with van der Waals surface area (Å²) in [7, 11) is 1.62. The summed E-state index contributed by atoms with van der Waals surface area (Å²) in [6.07, 6.45) is 2.44. The average Bonchev–Trinajstić information content (AvgIpc) is 2.33. The van der Waals surface area contributed by atoms with Crippen molar-refractivity contribution in [1.82, 2.24) is 0 Å². The molecule has 3 nitrogen and oxygen atoms in total. The molecule has 0 saturated heterocycles. The molecule has 0 atom stereocenters. The molecule has 1 aromatic heterocycles. The lowest BCUT2D eigenvalue weighted by Crippen LogP contribution is -2.31. The quantitative estimate of drug-likeness (QED) is 0.460. The van der Waals surface area contributed by atoms with E-state index in [1.807, 2.05) is 24.3 Å². The van der Waals surface area contributed by atoms with E-state index in [0.717, 1.165) is 21.4 Å². The van der Waals surface area contributed by atoms with Gasteiger partial charge in [-0.1, -0.05) is 6.08 Å². The van der Waals surface area contributed by atoms with Crippen LogP contribution in [0.1, 0.15) is 11.3 Å². The van der Waals surface area contributed by atoms with Crippen molar-refractivity contribution >= 4 is 10.9 Å². The summed E-state index contributed by atoms with van der Waals surface area (Å²) in [5, 5.41) is 13.0. The highest BCUT2D eigenvalue weighted by Gasteiger charge is 2.13. The Labute approximate surface area is 101 Å². The Bertz CT molecular complexity index is 576. The molecule has 0 aliphatic carbocycles. The summed E-state index contributed by atoms with van der Waals surface area (Å²) in [4.78, 5) is 0. The number of aromatic nitrogens is 1. The van der Waals surface area contributed by atoms with Gasteiger partial charge in [0.1, 0.15) is 5.75 Å². The fraction of sp³-hybridized carbons (Fsp3) is 0.214. The average molecular weight is 229 g/mol. The van der Waals surface area contributed by atoms with E-state index in [1.54, 1.807) is 20.1 Å². The Balaban J connectivity index is 2.81. The number of nitrogens with zero attached hydrogens (tertiary/aromatic N) is 1. The number of rotatable bonds is 3. The molecule has 2 aromatic rings. The Morgan fingerprint density at radius 2 is 2.18 bits per heavy atom. The smallest absolute Gasteiger partial charge is 0.227 e. The topological polar surface area (TPSA) is 36.2 Å². The van der Waals surface area contributed by atoms with Crippen LogP contribution in [0.15, 0.2) is 36.9 Å². The summed E-state index contributed by atoms with van der Waals surface area (Å²) in [6.45, 7) is 5.52. The molecule has 0 aliphatic rings. The van der Waals surface area contributed by atoms with Crippen molar-refractivity contribution in [3.63, 3.8) is 0 Å². The van der Waals surface area contributed by atoms with Gasteiger partial charge in [0.25, 0.3) is 0 Å². The molecule has 0 N–H and O–H groups in total. The van der Waals surface area contributed by atoms with Gasteiger partial charge in [0, 0.05) is 18.6 Å². The van der Waals surface area contributed by atoms with E-state index in [0.29, 0.717) is 17.6 Å². The van der Waals surface area contributed by atoms with Crippen molar-refractivity contribution in [3.05, 3.63) is 53.4 Å². The first kappa shape index (κ1) is 11.5. The van der Waals surface area contributed by atoms with Gasteiger partial charge in [-0.2, -0.15) is 4.73 Å². The molecule has 2 rings (SSSR count). The molecule has 0 unspecified atom stereocenters. The van der Waals surface area contributed by atoms with E-state index in [2.05, 4.69) is 6.58 Å². The Morgan fingerprint density at radius 1 is 1.41 bits per heavy atom. The first-order valence-electron chi connectivity index (χ1n) is 5.48. The molecule has 0 saturated carbocycles. The molecule has 3 heteroatoms. The third-order valence-electron chi connectivity index (χ3n) is 2.82. The van der Waals surface area contributed by atoms with Crippen LogP contribution in [-0.2, 0) is 6.42 Å². The number of fused-ring (bicyclic) bond motifs is 1. The van der Waals surface area contributed by atoms with Crippen LogP contribution in [-0.4, -0.2) is 7.11 Å². The molecular weight excluding hydrogens is 214 g/mol. The fourth-order valence-corrected chi connectivity index (χ4v) is 1.95. The van der Waals surface area contributed by atoms with Gasteiger partial charge in [-0.05, 0) is 24.6 Å². The van der Waals surface area contributed by atoms with Crippen LogP contribution < -0.4 is 9.47 Å². The van der Waals surface area contributed by atoms with Crippen LogP contribution in [0.4, 0.5) is 0 Å². The zero-order valence-corrected chi connectivity index (χ0v) is 10.1. The molecule has 0 fully saturated rings. The molecule has 1 aromatic carbocycles. The van der Waals surface area contributed by atoms with Crippen molar-refractivity contribution in [2.45, 2.75) is 13.3 Å². The van der Waals surface area contributed by atoms with Crippen molar-refractivity contribution in [2.24, 2.45) is 0 Å². The molecule has 0 radical (unpaired) electrons. The normalized spacial score (nSPS) is 10.5. The van der Waals surface area contributed by atoms with E-state index in [-0.39, 0.29) is 0 Å². The standard InChI is InChI=1S/C14H15NO2/c1-4-5-11-8-13(17-3)9-12-7-6-10(2)15(16)14(11)12/h4,6-9H,1,5H2,2-3H3. The largest absolute Gasteiger partial charge is 0.618 e. The molecular formula is C14H15NO2. The molecule has 1 heterocycles. The number of pyridine rings is 1. The minimum absolute atomic E-state index is 0.652. The lowest BCUT2D eigenvalue weighted by Gasteiger charge is -2.10. The van der Waals surface area contributed by atoms with Gasteiger partial charge in [-0.3, -0.25) is 0 Å². The third-order valence-corrected chi connectivity index (χ3v) is 2.82.